The van der Waals surface area contributed by atoms with Gasteiger partial charge in [0.05, 0.1) is 23.7 Å². The van der Waals surface area contributed by atoms with Gasteiger partial charge in [-0.05, 0) is 32.9 Å². The smallest absolute Gasteiger partial charge is 0.350 e. The van der Waals surface area contributed by atoms with Crippen molar-refractivity contribution in [2.45, 2.75) is 42.7 Å². The van der Waals surface area contributed by atoms with Gasteiger partial charge < -0.3 is 41.2 Å². The third-order valence-electron chi connectivity index (χ3n) is 7.82. The molecule has 5 amide bonds. The number of halogens is 1. The van der Waals surface area contributed by atoms with E-state index >= 15 is 0 Å². The zero-order valence-corrected chi connectivity index (χ0v) is 28.4. The lowest BCUT2D eigenvalue weighted by atomic mass is 10.0. The van der Waals surface area contributed by atoms with Crippen molar-refractivity contribution in [3.8, 4) is 11.5 Å². The number of nitrogens with zero attached hydrogens (tertiary/aromatic N) is 5. The molecule has 20 nitrogen and oxygen atoms in total. The monoisotopic (exact) mass is 754 g/mol. The number of thioether (sulfide) groups is 1. The second-order valence-electron chi connectivity index (χ2n) is 11.5. The van der Waals surface area contributed by atoms with Crippen LogP contribution in [0.15, 0.2) is 17.3 Å². The molecule has 8 N–H and O–H groups in total. The Labute approximate surface area is 293 Å². The molecule has 3 saturated heterocycles. The number of phenolic OH excluding ortho intramolecular Hbond substituents is 2. The first kappa shape index (κ1) is 35.9. The van der Waals surface area contributed by atoms with Crippen molar-refractivity contribution in [3.63, 3.8) is 0 Å². The molecule has 3 aliphatic rings. The first-order valence-corrected chi connectivity index (χ1v) is 16.3. The van der Waals surface area contributed by atoms with E-state index < -0.39 is 97.7 Å². The lowest BCUT2D eigenvalue weighted by Gasteiger charge is -2.41. The highest BCUT2D eigenvalue weighted by molar-refractivity contribution is 8.02. The van der Waals surface area contributed by atoms with Gasteiger partial charge in [-0.2, -0.15) is 0 Å². The number of rotatable bonds is 11. The number of amides is 5. The van der Waals surface area contributed by atoms with Crippen LogP contribution in [0.3, 0.4) is 0 Å². The fraction of sp³-hybridized carbons (Fsp3) is 0.370. The number of hydrogen-bond acceptors (Lipinski definition) is 15. The Morgan fingerprint density at radius 1 is 1.14 bits per heavy atom. The summed E-state index contributed by atoms with van der Waals surface area (Å²) < 4.78 is 0. The Hall–Kier alpha value is -5.35. The summed E-state index contributed by atoms with van der Waals surface area (Å²) in [4.78, 5) is 99.3. The maximum atomic E-state index is 13.5. The van der Waals surface area contributed by atoms with E-state index in [1.54, 1.807) is 6.92 Å². The number of oxime groups is 1. The van der Waals surface area contributed by atoms with Crippen LogP contribution in [-0.4, -0.2) is 129 Å². The van der Waals surface area contributed by atoms with Gasteiger partial charge >= 0.3 is 23.9 Å². The summed E-state index contributed by atoms with van der Waals surface area (Å²) in [6.07, 6.45) is 0. The molecular weight excluding hydrogens is 728 g/mol. The molecule has 3 atom stereocenters. The van der Waals surface area contributed by atoms with Crippen LogP contribution in [0.2, 0.25) is 5.02 Å². The molecule has 266 valence electrons. The molecule has 3 fully saturated rings. The average Bonchev–Trinajstić information content (AvgIpc) is 3.71. The molecular formula is C27H27ClN8O12S2. The normalized spacial score (nSPS) is 21.8. The third kappa shape index (κ3) is 6.04. The van der Waals surface area contributed by atoms with Crippen LogP contribution < -0.4 is 16.5 Å². The number of aliphatic carboxylic acids is 2. The SMILES string of the molecule is Cc1sc(N)nc1/C(=N/OC(C)(C)C(=O)O)C(=O)N[C@@H]1C(=O)N2C[C@@](C(=O)O)(N3CCN(NC(=O)C(=O)c4ccc(O)c(O)c4Cl)C3=O)S[C@H]12. The summed E-state index contributed by atoms with van der Waals surface area (Å²) in [6, 6.07) is -0.439. The second kappa shape index (κ2) is 12.8. The van der Waals surface area contributed by atoms with Crippen molar-refractivity contribution in [2.75, 3.05) is 25.4 Å². The van der Waals surface area contributed by atoms with Gasteiger partial charge in [0.25, 0.3) is 11.7 Å². The highest BCUT2D eigenvalue weighted by Gasteiger charge is 2.66. The largest absolute Gasteiger partial charge is 0.504 e. The molecule has 0 aliphatic carbocycles. The standard InChI is InChI=1S/C27H27ClN8O12S2/c1-9-13(31-24(29)49-9)14(33-48-26(2,3)22(43)44)18(40)30-15-20(42)34-8-27(23(45)46,50-21(15)34)35-6-7-36(25(35)47)32-19(41)16(38)10-4-5-11(37)17(39)12(10)28/h4-5,15,21,37,39H,6-8H2,1-3H3,(H2,29,31)(H,30,40)(H,32,41)(H,43,44)(H,45,46)/b33-14-/t15-,21-,27-/m1/s1. The van der Waals surface area contributed by atoms with E-state index in [1.165, 1.54) is 13.8 Å². The van der Waals surface area contributed by atoms with Crippen molar-refractivity contribution in [1.29, 1.82) is 0 Å². The molecule has 0 spiro atoms. The number of nitrogen functional groups attached to an aromatic ring is 1. The minimum Gasteiger partial charge on any atom is -0.504 e. The number of aromatic nitrogens is 1. The molecule has 0 bridgehead atoms. The number of carbonyl (C=O) groups is 7. The number of β-lactam (4-membered cyclic amide) rings is 1. The van der Waals surface area contributed by atoms with Gasteiger partial charge in [0, 0.05) is 11.4 Å². The van der Waals surface area contributed by atoms with Crippen molar-refractivity contribution >= 4 is 87.0 Å². The Morgan fingerprint density at radius 2 is 1.82 bits per heavy atom. The van der Waals surface area contributed by atoms with Crippen LogP contribution in [0.4, 0.5) is 9.93 Å². The van der Waals surface area contributed by atoms with Crippen molar-refractivity contribution in [3.05, 3.63) is 33.3 Å². The van der Waals surface area contributed by atoms with E-state index in [-0.39, 0.29) is 23.9 Å². The van der Waals surface area contributed by atoms with Crippen LogP contribution in [0.25, 0.3) is 0 Å². The second-order valence-corrected chi connectivity index (χ2v) is 14.5. The predicted molar refractivity (Wildman–Crippen MR) is 172 cm³/mol. The van der Waals surface area contributed by atoms with Gasteiger partial charge in [-0.15, -0.1) is 11.3 Å². The number of ketones is 1. The van der Waals surface area contributed by atoms with Gasteiger partial charge in [0.2, 0.25) is 16.4 Å². The summed E-state index contributed by atoms with van der Waals surface area (Å²) in [5.74, 6) is -8.73. The molecule has 50 heavy (non-hydrogen) atoms. The fourth-order valence-electron chi connectivity index (χ4n) is 5.05. The van der Waals surface area contributed by atoms with Crippen molar-refractivity contribution in [1.82, 2.24) is 30.5 Å². The van der Waals surface area contributed by atoms with Gasteiger partial charge in [-0.1, -0.05) is 28.5 Å². The van der Waals surface area contributed by atoms with Crippen LogP contribution in [0.1, 0.15) is 34.8 Å². The maximum absolute atomic E-state index is 13.5. The van der Waals surface area contributed by atoms with Crippen LogP contribution in [0.5, 0.6) is 11.5 Å². The molecule has 0 radical (unpaired) electrons. The van der Waals surface area contributed by atoms with E-state index in [1.807, 2.05) is 0 Å². The number of hydrogen-bond donors (Lipinski definition) is 7. The Balaban J connectivity index is 1.32. The van der Waals surface area contributed by atoms with E-state index in [2.05, 4.69) is 20.9 Å². The highest BCUT2D eigenvalue weighted by atomic mass is 35.5. The quantitative estimate of drug-likeness (QED) is 0.0381. The van der Waals surface area contributed by atoms with Gasteiger partial charge in [-0.3, -0.25) is 29.5 Å². The number of carboxylic acids is 2. The lowest BCUT2D eigenvalue weighted by Crippen LogP contribution is -2.68. The minimum absolute atomic E-state index is 0.0402. The Morgan fingerprint density at radius 3 is 2.42 bits per heavy atom. The van der Waals surface area contributed by atoms with Gasteiger partial charge in [-0.25, -0.2) is 24.4 Å². The summed E-state index contributed by atoms with van der Waals surface area (Å²) in [6.45, 7) is 2.90. The molecule has 5 rings (SSSR count). The number of thiazole rings is 1. The number of nitrogens with two attached hydrogens (primary N) is 1. The number of carboxylic acid groups (broad SMARTS) is 2. The maximum Gasteiger partial charge on any atom is 0.350 e. The number of benzene rings is 1. The molecule has 1 aromatic carbocycles. The number of phenols is 2. The predicted octanol–water partition coefficient (Wildman–Crippen LogP) is -0.485. The van der Waals surface area contributed by atoms with E-state index in [0.717, 1.165) is 33.3 Å². The summed E-state index contributed by atoms with van der Waals surface area (Å²) in [5.41, 5.74) is 4.97. The Bertz CT molecular complexity index is 1900. The minimum atomic E-state index is -2.09. The van der Waals surface area contributed by atoms with E-state index in [9.17, 15) is 54.0 Å². The number of nitrogens with one attached hydrogen (secondary N) is 2. The third-order valence-corrected chi connectivity index (χ3v) is 10.7. The Kier molecular flexibility index (Phi) is 9.23. The van der Waals surface area contributed by atoms with E-state index in [4.69, 9.17) is 22.2 Å². The molecule has 2 aromatic rings. The number of fused-ring (bicyclic) bond motifs is 1. The van der Waals surface area contributed by atoms with Crippen LogP contribution >= 0.6 is 34.7 Å². The number of carbonyl (C=O) groups excluding carboxylic acids is 5. The number of urea groups is 1. The number of aromatic hydroxyl groups is 2. The van der Waals surface area contributed by atoms with E-state index in [0.29, 0.717) is 21.6 Å². The first-order chi connectivity index (χ1) is 23.3. The van der Waals surface area contributed by atoms with Crippen LogP contribution in [0, 0.1) is 6.92 Å². The zero-order valence-electron chi connectivity index (χ0n) is 26.0. The number of anilines is 1. The molecule has 0 saturated carbocycles. The molecule has 3 aliphatic heterocycles. The summed E-state index contributed by atoms with van der Waals surface area (Å²) in [7, 11) is 0. The van der Waals surface area contributed by atoms with Crippen molar-refractivity contribution in [2.24, 2.45) is 5.16 Å². The molecule has 1 aromatic heterocycles. The summed E-state index contributed by atoms with van der Waals surface area (Å²) >= 11 is 7.55. The lowest BCUT2D eigenvalue weighted by molar-refractivity contribution is -0.161. The van der Waals surface area contributed by atoms with Gasteiger partial charge in [0.1, 0.15) is 17.1 Å². The zero-order chi connectivity index (χ0) is 37.0. The highest BCUT2D eigenvalue weighted by Crippen LogP contribution is 2.49. The summed E-state index contributed by atoms with van der Waals surface area (Å²) in [5, 5.41) is 44.4. The topological polar surface area (TPSA) is 295 Å². The number of Topliss-reactive ketones (excluding diaryl/α,β-unsaturated/α-hetero) is 1. The number of aryl methyl sites for hydroxylation is 1. The molecule has 4 heterocycles. The van der Waals surface area contributed by atoms with Crippen LogP contribution in [-0.2, 0) is 28.8 Å². The number of hydrazine groups is 1. The molecule has 23 heteroatoms. The van der Waals surface area contributed by atoms with Crippen molar-refractivity contribution < 1.29 is 58.8 Å². The molecule has 0 unspecified atom stereocenters. The average molecular weight is 755 g/mol. The first-order valence-electron chi connectivity index (χ1n) is 14.2. The van der Waals surface area contributed by atoms with Gasteiger partial charge in [0.15, 0.2) is 22.3 Å². The fourth-order valence-corrected chi connectivity index (χ4v) is 7.62.